The Kier molecular flexibility index (Phi) is 12.3. The Bertz CT molecular complexity index is 1080. The SMILES string of the molecule is CC(C)CCOc1cc2c(cc1OCCC(C)C)-c1cc(OCCC(C)C)c(OCCC(C)C)cc1C(=S)C2=S. The first-order chi connectivity index (χ1) is 19.0. The van der Waals surface area contributed by atoms with Crippen molar-refractivity contribution in [3.63, 3.8) is 0 Å². The minimum atomic E-state index is 0.549. The van der Waals surface area contributed by atoms with Crippen LogP contribution in [0.5, 0.6) is 23.0 Å². The highest BCUT2D eigenvalue weighted by Gasteiger charge is 2.29. The lowest BCUT2D eigenvalue weighted by molar-refractivity contribution is 0.246. The lowest BCUT2D eigenvalue weighted by Gasteiger charge is -2.26. The van der Waals surface area contributed by atoms with Crippen molar-refractivity contribution in [2.24, 2.45) is 23.7 Å². The molecule has 6 heteroatoms. The van der Waals surface area contributed by atoms with Gasteiger partial charge >= 0.3 is 0 Å². The molecule has 0 heterocycles. The Hall–Kier alpha value is -2.18. The van der Waals surface area contributed by atoms with Gasteiger partial charge in [-0.1, -0.05) is 79.8 Å². The van der Waals surface area contributed by atoms with Crippen molar-refractivity contribution in [3.05, 3.63) is 35.4 Å². The molecule has 0 unspecified atom stereocenters. The molecular weight excluding hydrogens is 537 g/mol. The van der Waals surface area contributed by atoms with Gasteiger partial charge in [0.2, 0.25) is 0 Å². The fourth-order valence-corrected chi connectivity index (χ4v) is 4.81. The average Bonchev–Trinajstić information content (AvgIpc) is 2.87. The molecule has 0 saturated heterocycles. The van der Waals surface area contributed by atoms with E-state index in [1.807, 2.05) is 12.1 Å². The molecule has 1 aliphatic carbocycles. The molecule has 40 heavy (non-hydrogen) atoms. The smallest absolute Gasteiger partial charge is 0.161 e. The van der Waals surface area contributed by atoms with Gasteiger partial charge in [0, 0.05) is 11.1 Å². The Balaban J connectivity index is 2.07. The van der Waals surface area contributed by atoms with Crippen molar-refractivity contribution in [3.8, 4) is 34.1 Å². The molecular formula is C34H48O4S2. The normalized spacial score (nSPS) is 12.8. The standard InChI is InChI=1S/C34H48O4S2/c1-21(2)9-13-35-29-17-25-26-18-30(36-14-10-22(3)4)32(38-16-12-24(7)8)20-28(26)34(40)33(39)27(25)19-31(29)37-15-11-23(5)6/h17-24H,9-16H2,1-8H3. The highest BCUT2D eigenvalue weighted by Crippen LogP contribution is 2.45. The molecule has 0 aromatic heterocycles. The van der Waals surface area contributed by atoms with Crippen LogP contribution in [0.15, 0.2) is 24.3 Å². The quantitative estimate of drug-likeness (QED) is 0.183. The molecule has 2 aromatic carbocycles. The van der Waals surface area contributed by atoms with Crippen molar-refractivity contribution in [2.75, 3.05) is 26.4 Å². The third kappa shape index (κ3) is 8.91. The van der Waals surface area contributed by atoms with Gasteiger partial charge in [-0.15, -0.1) is 0 Å². The predicted octanol–water partition coefficient (Wildman–Crippen LogP) is 9.50. The van der Waals surface area contributed by atoms with E-state index >= 15 is 0 Å². The van der Waals surface area contributed by atoms with Gasteiger partial charge < -0.3 is 18.9 Å². The fourth-order valence-electron chi connectivity index (χ4n) is 4.26. The van der Waals surface area contributed by atoms with E-state index in [1.54, 1.807) is 0 Å². The maximum Gasteiger partial charge on any atom is 0.161 e. The number of hydrogen-bond acceptors (Lipinski definition) is 6. The van der Waals surface area contributed by atoms with Crippen LogP contribution in [0.2, 0.25) is 0 Å². The lowest BCUT2D eigenvalue weighted by atomic mass is 9.84. The lowest BCUT2D eigenvalue weighted by Crippen LogP contribution is -2.20. The van der Waals surface area contributed by atoms with Gasteiger partial charge in [-0.3, -0.25) is 0 Å². The van der Waals surface area contributed by atoms with Crippen molar-refractivity contribution in [1.82, 2.24) is 0 Å². The molecule has 1 aliphatic rings. The third-order valence-corrected chi connectivity index (χ3v) is 7.94. The molecule has 220 valence electrons. The van der Waals surface area contributed by atoms with E-state index in [0.717, 1.165) is 70.9 Å². The maximum absolute atomic E-state index is 6.31. The van der Waals surface area contributed by atoms with Gasteiger partial charge in [-0.25, -0.2) is 0 Å². The van der Waals surface area contributed by atoms with E-state index < -0.39 is 0 Å². The summed E-state index contributed by atoms with van der Waals surface area (Å²) in [6.07, 6.45) is 3.86. The van der Waals surface area contributed by atoms with Crippen LogP contribution in [0.25, 0.3) is 11.1 Å². The molecule has 0 spiro atoms. The summed E-state index contributed by atoms with van der Waals surface area (Å²) in [5.74, 6) is 5.12. The molecule has 0 amide bonds. The summed E-state index contributed by atoms with van der Waals surface area (Å²) in [6, 6.07) is 8.18. The zero-order valence-corrected chi connectivity index (χ0v) is 27.4. The summed E-state index contributed by atoms with van der Waals surface area (Å²) in [7, 11) is 0. The van der Waals surface area contributed by atoms with Gasteiger partial charge in [0.05, 0.1) is 36.2 Å². The topological polar surface area (TPSA) is 36.9 Å². The first-order valence-corrected chi connectivity index (χ1v) is 15.8. The van der Waals surface area contributed by atoms with Crippen molar-refractivity contribution in [1.29, 1.82) is 0 Å². The molecule has 0 N–H and O–H groups in total. The molecule has 0 bridgehead atoms. The van der Waals surface area contributed by atoms with E-state index in [2.05, 4.69) is 67.5 Å². The Morgan fingerprint density at radius 3 is 0.875 bits per heavy atom. The Morgan fingerprint density at radius 1 is 0.425 bits per heavy atom. The molecule has 0 radical (unpaired) electrons. The maximum atomic E-state index is 6.31. The van der Waals surface area contributed by atoms with Crippen LogP contribution in [0.1, 0.15) is 92.2 Å². The van der Waals surface area contributed by atoms with E-state index in [9.17, 15) is 0 Å². The fraction of sp³-hybridized carbons (Fsp3) is 0.588. The number of fused-ring (bicyclic) bond motifs is 3. The summed E-state index contributed by atoms with van der Waals surface area (Å²) in [5, 5.41) is 0. The largest absolute Gasteiger partial charge is 0.490 e. The number of rotatable bonds is 16. The first-order valence-electron chi connectivity index (χ1n) is 14.9. The van der Waals surface area contributed by atoms with Gasteiger partial charge in [0.1, 0.15) is 0 Å². The van der Waals surface area contributed by atoms with Gasteiger partial charge in [0.15, 0.2) is 23.0 Å². The van der Waals surface area contributed by atoms with Crippen LogP contribution in [0.3, 0.4) is 0 Å². The van der Waals surface area contributed by atoms with Crippen LogP contribution in [0, 0.1) is 23.7 Å². The highest BCUT2D eigenvalue weighted by atomic mass is 32.1. The van der Waals surface area contributed by atoms with E-state index in [0.29, 0.717) is 59.8 Å². The predicted molar refractivity (Wildman–Crippen MR) is 175 cm³/mol. The van der Waals surface area contributed by atoms with Crippen LogP contribution >= 0.6 is 24.4 Å². The summed E-state index contributed by atoms with van der Waals surface area (Å²) < 4.78 is 25.1. The molecule has 2 aromatic rings. The zero-order chi connectivity index (χ0) is 29.4. The van der Waals surface area contributed by atoms with Crippen LogP contribution < -0.4 is 18.9 Å². The van der Waals surface area contributed by atoms with Crippen molar-refractivity contribution < 1.29 is 18.9 Å². The molecule has 0 atom stereocenters. The second kappa shape index (κ2) is 15.2. The Labute approximate surface area is 253 Å². The highest BCUT2D eigenvalue weighted by molar-refractivity contribution is 7.90. The van der Waals surface area contributed by atoms with E-state index in [4.69, 9.17) is 43.4 Å². The zero-order valence-electron chi connectivity index (χ0n) is 25.7. The summed E-state index contributed by atoms with van der Waals surface area (Å²) in [6.45, 7) is 20.1. The monoisotopic (exact) mass is 584 g/mol. The van der Waals surface area contributed by atoms with Crippen LogP contribution in [-0.4, -0.2) is 36.2 Å². The summed E-state index contributed by atoms with van der Waals surface area (Å²) >= 11 is 11.8. The summed E-state index contributed by atoms with van der Waals surface area (Å²) in [5.41, 5.74) is 3.80. The summed E-state index contributed by atoms with van der Waals surface area (Å²) in [4.78, 5) is 1.31. The molecule has 3 rings (SSSR count). The van der Waals surface area contributed by atoms with Crippen molar-refractivity contribution >= 4 is 34.2 Å². The first kappa shape index (κ1) is 32.3. The van der Waals surface area contributed by atoms with Crippen molar-refractivity contribution in [2.45, 2.75) is 81.1 Å². The van der Waals surface area contributed by atoms with Gasteiger partial charge in [0.25, 0.3) is 0 Å². The Morgan fingerprint density at radius 2 is 0.650 bits per heavy atom. The number of thiocarbonyl (C=S) groups is 2. The van der Waals surface area contributed by atoms with E-state index in [-0.39, 0.29) is 0 Å². The molecule has 0 aliphatic heterocycles. The van der Waals surface area contributed by atoms with Crippen LogP contribution in [0.4, 0.5) is 0 Å². The minimum Gasteiger partial charge on any atom is -0.490 e. The minimum absolute atomic E-state index is 0.549. The molecule has 0 fully saturated rings. The van der Waals surface area contributed by atoms with Gasteiger partial charge in [-0.05, 0) is 84.7 Å². The second-order valence-electron chi connectivity index (χ2n) is 12.5. The van der Waals surface area contributed by atoms with Gasteiger partial charge in [-0.2, -0.15) is 0 Å². The average molecular weight is 585 g/mol. The van der Waals surface area contributed by atoms with E-state index in [1.165, 1.54) is 0 Å². The third-order valence-electron chi connectivity index (χ3n) is 6.96. The number of ether oxygens (including phenoxy) is 4. The molecule has 4 nitrogen and oxygen atoms in total. The van der Waals surface area contributed by atoms with Crippen LogP contribution in [-0.2, 0) is 0 Å². The number of hydrogen-bond donors (Lipinski definition) is 0. The second-order valence-corrected chi connectivity index (χ2v) is 13.3. The number of benzene rings is 2. The molecule has 0 saturated carbocycles.